The number of hydrogen-bond acceptors (Lipinski definition) is 10. The van der Waals surface area contributed by atoms with Gasteiger partial charge in [0.15, 0.2) is 0 Å². The molecule has 0 spiro atoms. The molecule has 6 rings (SSSR count). The quantitative estimate of drug-likeness (QED) is 0.618. The van der Waals surface area contributed by atoms with Crippen molar-refractivity contribution in [2.24, 2.45) is 10.1 Å². The van der Waals surface area contributed by atoms with E-state index in [1.807, 2.05) is 0 Å². The van der Waals surface area contributed by atoms with Crippen molar-refractivity contribution in [3.05, 3.63) is 0 Å². The standard InChI is InChI=1S/C22H39N9O/c1-2-10-26(9-1)21(27-13-7-23-19-27)5-3-12-31(29-15-17-32-18-16-29)22(21,28-14-8-24-20-28)30-11-4-6-25-30/h6,19,24H,1-5,7-18,20H2. The number of hydrazone groups is 1. The first kappa shape index (κ1) is 21.2. The molecule has 6 aliphatic heterocycles. The van der Waals surface area contributed by atoms with E-state index in [1.165, 1.54) is 19.3 Å². The minimum atomic E-state index is -0.375. The number of rotatable bonds is 5. The highest BCUT2D eigenvalue weighted by Gasteiger charge is 2.70. The predicted molar refractivity (Wildman–Crippen MR) is 124 cm³/mol. The second-order valence-corrected chi connectivity index (χ2v) is 9.79. The average molecular weight is 446 g/mol. The first-order chi connectivity index (χ1) is 15.9. The van der Waals surface area contributed by atoms with Gasteiger partial charge in [0.25, 0.3) is 0 Å². The summed E-state index contributed by atoms with van der Waals surface area (Å²) >= 11 is 0. The molecule has 0 aliphatic carbocycles. The highest BCUT2D eigenvalue weighted by atomic mass is 16.5. The number of morpholine rings is 1. The van der Waals surface area contributed by atoms with Crippen LogP contribution in [0.5, 0.6) is 0 Å². The molecule has 10 heteroatoms. The van der Waals surface area contributed by atoms with Gasteiger partial charge in [-0.05, 0) is 25.7 Å². The maximum atomic E-state index is 5.78. The van der Waals surface area contributed by atoms with E-state index >= 15 is 0 Å². The van der Waals surface area contributed by atoms with Crippen molar-refractivity contribution in [3.63, 3.8) is 0 Å². The Labute approximate surface area is 191 Å². The third-order valence-corrected chi connectivity index (χ3v) is 8.27. The van der Waals surface area contributed by atoms with Crippen LogP contribution in [-0.4, -0.2) is 139 Å². The van der Waals surface area contributed by atoms with Gasteiger partial charge in [-0.25, -0.2) is 9.91 Å². The zero-order chi connectivity index (χ0) is 21.4. The van der Waals surface area contributed by atoms with Crippen LogP contribution >= 0.6 is 0 Å². The minimum Gasteiger partial charge on any atom is -0.379 e. The smallest absolute Gasteiger partial charge is 0.218 e. The molecular formula is C22H39N9O. The normalized spacial score (nSPS) is 38.0. The minimum absolute atomic E-state index is 0.187. The third-order valence-electron chi connectivity index (χ3n) is 8.27. The second-order valence-electron chi connectivity index (χ2n) is 9.79. The summed E-state index contributed by atoms with van der Waals surface area (Å²) in [6, 6.07) is 0. The predicted octanol–water partition coefficient (Wildman–Crippen LogP) is -0.327. The Morgan fingerprint density at radius 3 is 2.44 bits per heavy atom. The van der Waals surface area contributed by atoms with Crippen LogP contribution in [-0.2, 0) is 4.74 Å². The molecule has 0 bridgehead atoms. The maximum Gasteiger partial charge on any atom is 0.218 e. The van der Waals surface area contributed by atoms with Crippen LogP contribution in [0.1, 0.15) is 32.1 Å². The fourth-order valence-electron chi connectivity index (χ4n) is 7.10. The number of likely N-dealkylation sites (tertiary alicyclic amines) is 1. The fraction of sp³-hybridized carbons (Fsp3) is 0.909. The summed E-state index contributed by atoms with van der Waals surface area (Å²) in [7, 11) is 0. The molecule has 6 aliphatic rings. The number of hydrazine groups is 1. The van der Waals surface area contributed by atoms with Crippen molar-refractivity contribution >= 4 is 12.6 Å². The summed E-state index contributed by atoms with van der Waals surface area (Å²) in [6.45, 7) is 12.7. The van der Waals surface area contributed by atoms with E-state index in [9.17, 15) is 0 Å². The van der Waals surface area contributed by atoms with Gasteiger partial charge in [0.2, 0.25) is 5.79 Å². The van der Waals surface area contributed by atoms with Crippen LogP contribution in [0.15, 0.2) is 10.1 Å². The number of nitrogens with one attached hydrogen (secondary N) is 1. The lowest BCUT2D eigenvalue weighted by molar-refractivity contribution is -0.343. The molecule has 32 heavy (non-hydrogen) atoms. The Morgan fingerprint density at radius 1 is 0.875 bits per heavy atom. The summed E-state index contributed by atoms with van der Waals surface area (Å²) in [5.74, 6) is -0.375. The van der Waals surface area contributed by atoms with E-state index in [4.69, 9.17) is 14.8 Å². The van der Waals surface area contributed by atoms with E-state index in [0.717, 1.165) is 98.2 Å². The monoisotopic (exact) mass is 445 g/mol. The van der Waals surface area contributed by atoms with Crippen LogP contribution in [0.3, 0.4) is 0 Å². The second kappa shape index (κ2) is 8.81. The summed E-state index contributed by atoms with van der Waals surface area (Å²) in [5, 5.41) is 16.5. The van der Waals surface area contributed by atoms with E-state index in [-0.39, 0.29) is 11.4 Å². The van der Waals surface area contributed by atoms with Crippen LogP contribution in [0.25, 0.3) is 0 Å². The van der Waals surface area contributed by atoms with E-state index < -0.39 is 0 Å². The highest BCUT2D eigenvalue weighted by Crippen LogP contribution is 2.50. The zero-order valence-electron chi connectivity index (χ0n) is 19.4. The first-order valence-electron chi connectivity index (χ1n) is 12.8. The molecule has 6 heterocycles. The van der Waals surface area contributed by atoms with Crippen LogP contribution < -0.4 is 5.32 Å². The Morgan fingerprint density at radius 2 is 1.75 bits per heavy atom. The van der Waals surface area contributed by atoms with Crippen LogP contribution in [0.2, 0.25) is 0 Å². The lowest BCUT2D eigenvalue weighted by atomic mass is 9.84. The van der Waals surface area contributed by atoms with E-state index in [0.29, 0.717) is 0 Å². The largest absolute Gasteiger partial charge is 0.379 e. The third kappa shape index (κ3) is 3.07. The van der Waals surface area contributed by atoms with Gasteiger partial charge in [0.05, 0.1) is 32.8 Å². The molecule has 10 nitrogen and oxygen atoms in total. The van der Waals surface area contributed by atoms with Crippen LogP contribution in [0.4, 0.5) is 0 Å². The van der Waals surface area contributed by atoms with Crippen molar-refractivity contribution in [2.75, 3.05) is 85.3 Å². The fourth-order valence-corrected chi connectivity index (χ4v) is 7.10. The van der Waals surface area contributed by atoms with E-state index in [2.05, 4.69) is 47.6 Å². The first-order valence-corrected chi connectivity index (χ1v) is 12.8. The zero-order valence-corrected chi connectivity index (χ0v) is 19.4. The van der Waals surface area contributed by atoms with Gasteiger partial charge in [-0.15, -0.1) is 0 Å². The van der Waals surface area contributed by atoms with Gasteiger partial charge < -0.3 is 15.0 Å². The molecule has 0 radical (unpaired) electrons. The Hall–Kier alpha value is -1.30. The molecule has 0 aromatic carbocycles. The maximum absolute atomic E-state index is 5.78. The van der Waals surface area contributed by atoms with Crippen molar-refractivity contribution in [1.82, 2.24) is 35.0 Å². The summed E-state index contributed by atoms with van der Waals surface area (Å²) < 4.78 is 5.78. The lowest BCUT2D eigenvalue weighted by Gasteiger charge is -2.69. The molecule has 2 unspecified atom stereocenters. The average Bonchev–Trinajstić information content (AvgIpc) is 3.67. The topological polar surface area (TPSA) is 65.4 Å². The van der Waals surface area contributed by atoms with E-state index in [1.54, 1.807) is 0 Å². The van der Waals surface area contributed by atoms with Gasteiger partial charge in [-0.2, -0.15) is 10.1 Å². The van der Waals surface area contributed by atoms with Gasteiger partial charge in [0, 0.05) is 71.5 Å². The lowest BCUT2D eigenvalue weighted by Crippen LogP contribution is -2.89. The van der Waals surface area contributed by atoms with Crippen molar-refractivity contribution < 1.29 is 4.74 Å². The molecule has 2 atom stereocenters. The number of hydrogen-bond donors (Lipinski definition) is 1. The molecule has 1 N–H and O–H groups in total. The molecule has 4 fully saturated rings. The Kier molecular flexibility index (Phi) is 5.85. The molecule has 178 valence electrons. The van der Waals surface area contributed by atoms with Crippen molar-refractivity contribution in [1.29, 1.82) is 0 Å². The summed E-state index contributed by atoms with van der Waals surface area (Å²) in [5.41, 5.74) is -0.187. The molecule has 4 saturated heterocycles. The molecule has 0 aromatic rings. The SMILES string of the molecule is C1=NCCN1C1(N2CCCC2)CCCN(N2CCOCC2)C1(N1CCNC1)N1CCC=N1. The molecular weight excluding hydrogens is 406 g/mol. The number of aliphatic imine (C=N–C) groups is 1. The Bertz CT molecular complexity index is 716. The molecule has 0 saturated carbocycles. The van der Waals surface area contributed by atoms with Crippen LogP contribution in [0, 0.1) is 0 Å². The number of nitrogens with zero attached hydrogens (tertiary/aromatic N) is 8. The molecule has 0 aromatic heterocycles. The van der Waals surface area contributed by atoms with Gasteiger partial charge in [-0.3, -0.25) is 14.9 Å². The summed E-state index contributed by atoms with van der Waals surface area (Å²) in [4.78, 5) is 12.9. The van der Waals surface area contributed by atoms with Crippen molar-refractivity contribution in [2.45, 2.75) is 43.6 Å². The highest BCUT2D eigenvalue weighted by molar-refractivity contribution is 5.60. The van der Waals surface area contributed by atoms with Gasteiger partial charge in [0.1, 0.15) is 5.66 Å². The summed E-state index contributed by atoms with van der Waals surface area (Å²) in [6.07, 6.45) is 10.2. The number of piperidine rings is 1. The Balaban J connectivity index is 1.56. The number of ether oxygens (including phenoxy) is 1. The van der Waals surface area contributed by atoms with Gasteiger partial charge in [-0.1, -0.05) is 0 Å². The van der Waals surface area contributed by atoms with Crippen molar-refractivity contribution in [3.8, 4) is 0 Å². The molecule has 0 amide bonds. The van der Waals surface area contributed by atoms with Gasteiger partial charge >= 0.3 is 0 Å².